The first-order chi connectivity index (χ1) is 16.3. The molecule has 10 nitrogen and oxygen atoms in total. The molecule has 180 valence electrons. The molecule has 2 N–H and O–H groups in total. The second-order valence-corrected chi connectivity index (χ2v) is 9.71. The van der Waals surface area contributed by atoms with Crippen LogP contribution in [0.1, 0.15) is 51.8 Å². The first-order valence-corrected chi connectivity index (χ1v) is 12.0. The normalized spacial score (nSPS) is 20.6. The summed E-state index contributed by atoms with van der Waals surface area (Å²) in [4.78, 5) is 28.7. The summed E-state index contributed by atoms with van der Waals surface area (Å²) in [6, 6.07) is 2.53. The standard InChI is InChI=1S/C24H32N8O2/c1-14(2)30-6-5-16(18(11-30)22(25)33)19-9-21-17(10-26-19)23-29-20(12-31(23)7-8-34-21)24-27-13-28-32(24)15(3)4/h9-10,12-16,18H,5-8,11H2,1-4H3,(H2,25,33). The van der Waals surface area contributed by atoms with Gasteiger partial charge in [0, 0.05) is 48.7 Å². The number of aromatic nitrogens is 6. The number of piperidine rings is 1. The molecule has 0 bridgehead atoms. The van der Waals surface area contributed by atoms with Crippen LogP contribution in [0.5, 0.6) is 5.75 Å². The van der Waals surface area contributed by atoms with Crippen LogP contribution in [0.15, 0.2) is 24.8 Å². The van der Waals surface area contributed by atoms with Crippen molar-refractivity contribution in [1.82, 2.24) is 34.2 Å². The summed E-state index contributed by atoms with van der Waals surface area (Å²) >= 11 is 0. The zero-order chi connectivity index (χ0) is 24.0. The molecule has 5 rings (SSSR count). The minimum Gasteiger partial charge on any atom is -0.491 e. The molecular formula is C24H32N8O2. The predicted octanol–water partition coefficient (Wildman–Crippen LogP) is 2.48. The van der Waals surface area contributed by atoms with Crippen LogP contribution >= 0.6 is 0 Å². The van der Waals surface area contributed by atoms with Crippen molar-refractivity contribution in [2.75, 3.05) is 19.7 Å². The Labute approximate surface area is 199 Å². The second-order valence-electron chi connectivity index (χ2n) is 9.71. The van der Waals surface area contributed by atoms with Gasteiger partial charge in [0.2, 0.25) is 5.91 Å². The molecule has 2 atom stereocenters. The van der Waals surface area contributed by atoms with E-state index < -0.39 is 0 Å². The summed E-state index contributed by atoms with van der Waals surface area (Å²) in [5, 5.41) is 4.34. The average Bonchev–Trinajstić information content (AvgIpc) is 3.43. The van der Waals surface area contributed by atoms with Gasteiger partial charge in [-0.2, -0.15) is 5.10 Å². The molecule has 1 fully saturated rings. The fraction of sp³-hybridized carbons (Fsp3) is 0.542. The molecule has 0 spiro atoms. The minimum atomic E-state index is -0.275. The molecule has 0 saturated carbocycles. The maximum Gasteiger partial charge on any atom is 0.222 e. The SMILES string of the molecule is CC(C)N1CCC(c2cc3c(cn2)-c2nc(-c4ncnn4C(C)C)cn2CCO3)C(C(N)=O)C1. The highest BCUT2D eigenvalue weighted by Crippen LogP contribution is 2.38. The number of amides is 1. The fourth-order valence-electron chi connectivity index (χ4n) is 5.01. The van der Waals surface area contributed by atoms with Crippen molar-refractivity contribution in [3.8, 4) is 28.7 Å². The molecule has 3 aromatic heterocycles. The van der Waals surface area contributed by atoms with Gasteiger partial charge in [0.15, 0.2) is 5.82 Å². The van der Waals surface area contributed by atoms with Gasteiger partial charge in [-0.25, -0.2) is 14.6 Å². The van der Waals surface area contributed by atoms with Gasteiger partial charge in [-0.15, -0.1) is 0 Å². The van der Waals surface area contributed by atoms with Crippen LogP contribution in [-0.2, 0) is 11.3 Å². The Morgan fingerprint density at radius 3 is 2.71 bits per heavy atom. The highest BCUT2D eigenvalue weighted by molar-refractivity contribution is 5.78. The Balaban J connectivity index is 1.49. The van der Waals surface area contributed by atoms with Crippen LogP contribution in [-0.4, -0.2) is 65.8 Å². The van der Waals surface area contributed by atoms with Crippen LogP contribution in [0.25, 0.3) is 22.9 Å². The summed E-state index contributed by atoms with van der Waals surface area (Å²) in [7, 11) is 0. The Morgan fingerprint density at radius 1 is 1.15 bits per heavy atom. The molecular weight excluding hydrogens is 432 g/mol. The minimum absolute atomic E-state index is 0.0236. The van der Waals surface area contributed by atoms with E-state index >= 15 is 0 Å². The van der Waals surface area contributed by atoms with E-state index in [1.165, 1.54) is 0 Å². The number of imidazole rings is 1. The number of hydrogen-bond acceptors (Lipinski definition) is 7. The number of nitrogens with zero attached hydrogens (tertiary/aromatic N) is 7. The Kier molecular flexibility index (Phi) is 5.85. The van der Waals surface area contributed by atoms with Gasteiger partial charge in [-0.05, 0) is 40.7 Å². The predicted molar refractivity (Wildman–Crippen MR) is 127 cm³/mol. The van der Waals surface area contributed by atoms with Crippen LogP contribution in [0.2, 0.25) is 0 Å². The molecule has 0 aliphatic carbocycles. The molecule has 1 saturated heterocycles. The van der Waals surface area contributed by atoms with E-state index in [0.717, 1.165) is 47.3 Å². The van der Waals surface area contributed by atoms with Gasteiger partial charge < -0.3 is 19.9 Å². The Bertz CT molecular complexity index is 1200. The largest absolute Gasteiger partial charge is 0.491 e. The quantitative estimate of drug-likeness (QED) is 0.616. The van der Waals surface area contributed by atoms with Crippen LogP contribution < -0.4 is 10.5 Å². The number of ether oxygens (including phenoxy) is 1. The van der Waals surface area contributed by atoms with Crippen molar-refractivity contribution in [3.63, 3.8) is 0 Å². The van der Waals surface area contributed by atoms with Crippen molar-refractivity contribution in [2.45, 2.75) is 58.7 Å². The molecule has 10 heteroatoms. The van der Waals surface area contributed by atoms with Gasteiger partial charge in [-0.1, -0.05) is 0 Å². The lowest BCUT2D eigenvalue weighted by Gasteiger charge is -2.39. The Morgan fingerprint density at radius 2 is 1.97 bits per heavy atom. The van der Waals surface area contributed by atoms with Crippen molar-refractivity contribution < 1.29 is 9.53 Å². The third kappa shape index (κ3) is 3.96. The van der Waals surface area contributed by atoms with E-state index in [1.807, 2.05) is 23.1 Å². The van der Waals surface area contributed by atoms with Crippen molar-refractivity contribution >= 4 is 5.91 Å². The Hall–Kier alpha value is -3.27. The molecule has 1 amide bonds. The van der Waals surface area contributed by atoms with E-state index in [-0.39, 0.29) is 23.8 Å². The fourth-order valence-corrected chi connectivity index (χ4v) is 5.01. The number of likely N-dealkylation sites (tertiary alicyclic amines) is 1. The number of rotatable bonds is 5. The van der Waals surface area contributed by atoms with E-state index in [4.69, 9.17) is 20.4 Å². The average molecular weight is 465 g/mol. The van der Waals surface area contributed by atoms with Crippen LogP contribution in [0, 0.1) is 5.92 Å². The number of carbonyl (C=O) groups is 1. The molecule has 0 aromatic carbocycles. The van der Waals surface area contributed by atoms with Crippen LogP contribution in [0.4, 0.5) is 0 Å². The lowest BCUT2D eigenvalue weighted by atomic mass is 9.81. The van der Waals surface area contributed by atoms with Crippen molar-refractivity contribution in [3.05, 3.63) is 30.5 Å². The number of hydrogen-bond donors (Lipinski definition) is 1. The van der Waals surface area contributed by atoms with Crippen molar-refractivity contribution in [1.29, 1.82) is 0 Å². The van der Waals surface area contributed by atoms with Crippen LogP contribution in [0.3, 0.4) is 0 Å². The summed E-state index contributed by atoms with van der Waals surface area (Å²) in [6.45, 7) is 11.2. The molecule has 3 aromatic rings. The first kappa shape index (κ1) is 22.5. The zero-order valence-electron chi connectivity index (χ0n) is 20.2. The summed E-state index contributed by atoms with van der Waals surface area (Å²) < 4.78 is 10.1. The lowest BCUT2D eigenvalue weighted by Crippen LogP contribution is -2.47. The first-order valence-electron chi connectivity index (χ1n) is 12.0. The highest BCUT2D eigenvalue weighted by atomic mass is 16.5. The third-order valence-corrected chi connectivity index (χ3v) is 6.91. The van der Waals surface area contributed by atoms with Gasteiger partial charge in [-0.3, -0.25) is 9.78 Å². The summed E-state index contributed by atoms with van der Waals surface area (Å²) in [5.74, 6) is 1.70. The number of nitrogens with two attached hydrogens (primary N) is 1. The number of carbonyl (C=O) groups excluding carboxylic acids is 1. The van der Waals surface area contributed by atoms with E-state index in [1.54, 1.807) is 6.33 Å². The lowest BCUT2D eigenvalue weighted by molar-refractivity contribution is -0.124. The number of fused-ring (bicyclic) bond motifs is 3. The molecule has 2 aliphatic rings. The van der Waals surface area contributed by atoms with Gasteiger partial charge in [0.1, 0.15) is 30.2 Å². The highest BCUT2D eigenvalue weighted by Gasteiger charge is 2.36. The number of pyridine rings is 1. The molecule has 34 heavy (non-hydrogen) atoms. The topological polar surface area (TPSA) is 117 Å². The zero-order valence-corrected chi connectivity index (χ0v) is 20.2. The maximum absolute atomic E-state index is 12.3. The maximum atomic E-state index is 12.3. The summed E-state index contributed by atoms with van der Waals surface area (Å²) in [5.41, 5.74) is 8.27. The van der Waals surface area contributed by atoms with E-state index in [2.05, 4.69) is 47.2 Å². The smallest absolute Gasteiger partial charge is 0.222 e. The molecule has 2 aliphatic heterocycles. The molecule has 0 radical (unpaired) electrons. The van der Waals surface area contributed by atoms with E-state index in [0.29, 0.717) is 25.7 Å². The van der Waals surface area contributed by atoms with Gasteiger partial charge in [0.25, 0.3) is 0 Å². The molecule has 2 unspecified atom stereocenters. The second kappa shape index (κ2) is 8.83. The monoisotopic (exact) mass is 464 g/mol. The molecule has 5 heterocycles. The third-order valence-electron chi connectivity index (χ3n) is 6.91. The van der Waals surface area contributed by atoms with Crippen molar-refractivity contribution in [2.24, 2.45) is 11.7 Å². The number of primary amides is 1. The van der Waals surface area contributed by atoms with E-state index in [9.17, 15) is 4.79 Å². The van der Waals surface area contributed by atoms with Gasteiger partial charge in [0.05, 0.1) is 18.0 Å². The van der Waals surface area contributed by atoms with Gasteiger partial charge >= 0.3 is 0 Å². The summed E-state index contributed by atoms with van der Waals surface area (Å²) in [6.07, 6.45) is 6.21.